The molecule has 0 bridgehead atoms. The van der Waals surface area contributed by atoms with E-state index in [2.05, 4.69) is 21.1 Å². The lowest BCUT2D eigenvalue weighted by Gasteiger charge is -2.26. The van der Waals surface area contributed by atoms with Crippen molar-refractivity contribution in [2.24, 2.45) is 11.8 Å². The van der Waals surface area contributed by atoms with Crippen LogP contribution in [0, 0.1) is 11.8 Å². The molecule has 0 radical (unpaired) electrons. The van der Waals surface area contributed by atoms with Gasteiger partial charge < -0.3 is 14.6 Å². The van der Waals surface area contributed by atoms with Crippen LogP contribution in [0.15, 0.2) is 12.4 Å². The van der Waals surface area contributed by atoms with Gasteiger partial charge >= 0.3 is 0 Å². The van der Waals surface area contributed by atoms with E-state index < -0.39 is 0 Å². The van der Waals surface area contributed by atoms with E-state index in [1.54, 1.807) is 0 Å². The molecule has 100 valence electrons. The number of hydrogen-bond donors (Lipinski definition) is 1. The summed E-state index contributed by atoms with van der Waals surface area (Å²) >= 11 is 0. The summed E-state index contributed by atoms with van der Waals surface area (Å²) in [5.41, 5.74) is 0. The second-order valence-corrected chi connectivity index (χ2v) is 5.61. The summed E-state index contributed by atoms with van der Waals surface area (Å²) in [6, 6.07) is 0. The van der Waals surface area contributed by atoms with E-state index in [-0.39, 0.29) is 0 Å². The lowest BCUT2D eigenvalue weighted by molar-refractivity contribution is 0.0659. The number of imidazole rings is 1. The first kappa shape index (κ1) is 12.2. The van der Waals surface area contributed by atoms with Gasteiger partial charge in [0.05, 0.1) is 0 Å². The molecule has 1 atom stereocenters. The van der Waals surface area contributed by atoms with Gasteiger partial charge in [-0.1, -0.05) is 0 Å². The molecule has 0 spiro atoms. The molecule has 4 heteroatoms. The van der Waals surface area contributed by atoms with Crippen LogP contribution in [0.2, 0.25) is 0 Å². The zero-order valence-electron chi connectivity index (χ0n) is 11.0. The van der Waals surface area contributed by atoms with Gasteiger partial charge in [-0.2, -0.15) is 0 Å². The molecule has 18 heavy (non-hydrogen) atoms. The fourth-order valence-corrected chi connectivity index (χ4v) is 3.05. The van der Waals surface area contributed by atoms with Crippen molar-refractivity contribution in [2.45, 2.75) is 32.2 Å². The highest BCUT2D eigenvalue weighted by atomic mass is 16.5. The Labute approximate surface area is 109 Å². The summed E-state index contributed by atoms with van der Waals surface area (Å²) in [6.45, 7) is 5.35. The normalized spacial score (nSPS) is 25.0. The highest BCUT2D eigenvalue weighted by molar-refractivity contribution is 4.96. The number of nitrogens with zero attached hydrogens (tertiary/aromatic N) is 2. The Balaban J connectivity index is 1.39. The van der Waals surface area contributed by atoms with Gasteiger partial charge in [0.2, 0.25) is 0 Å². The zero-order chi connectivity index (χ0) is 12.2. The summed E-state index contributed by atoms with van der Waals surface area (Å²) in [5.74, 6) is 2.85. The summed E-state index contributed by atoms with van der Waals surface area (Å²) in [7, 11) is 0. The van der Waals surface area contributed by atoms with Crippen molar-refractivity contribution in [3.8, 4) is 0 Å². The lowest BCUT2D eigenvalue weighted by Crippen LogP contribution is -2.34. The average molecular weight is 249 g/mol. The maximum absolute atomic E-state index is 5.39. The van der Waals surface area contributed by atoms with Crippen LogP contribution in [0.4, 0.5) is 0 Å². The molecule has 1 aromatic heterocycles. The van der Waals surface area contributed by atoms with Gasteiger partial charge in [-0.25, -0.2) is 4.98 Å². The molecule has 0 saturated carbocycles. The number of nitrogens with one attached hydrogen (secondary N) is 1. The fourth-order valence-electron chi connectivity index (χ4n) is 3.05. The topological polar surface area (TPSA) is 39.1 Å². The predicted molar refractivity (Wildman–Crippen MR) is 70.5 cm³/mol. The van der Waals surface area contributed by atoms with Crippen molar-refractivity contribution in [3.63, 3.8) is 0 Å². The minimum atomic E-state index is 0.770. The van der Waals surface area contributed by atoms with Crippen molar-refractivity contribution in [2.75, 3.05) is 26.3 Å². The molecule has 2 aliphatic heterocycles. The highest BCUT2D eigenvalue weighted by Crippen LogP contribution is 2.18. The maximum atomic E-state index is 5.39. The van der Waals surface area contributed by atoms with Crippen LogP contribution >= 0.6 is 0 Å². The Kier molecular flexibility index (Phi) is 3.96. The Morgan fingerprint density at radius 1 is 1.22 bits per heavy atom. The molecule has 0 amide bonds. The number of aromatic nitrogens is 2. The van der Waals surface area contributed by atoms with Gasteiger partial charge in [0.1, 0.15) is 5.82 Å². The van der Waals surface area contributed by atoms with Gasteiger partial charge in [0.25, 0.3) is 0 Å². The smallest absolute Gasteiger partial charge is 0.108 e. The molecule has 1 saturated heterocycles. The van der Waals surface area contributed by atoms with E-state index in [9.17, 15) is 0 Å². The monoisotopic (exact) mass is 249 g/mol. The number of aryl methyl sites for hydroxylation is 1. The minimum absolute atomic E-state index is 0.770. The largest absolute Gasteiger partial charge is 0.381 e. The molecule has 0 unspecified atom stereocenters. The molecule has 2 aliphatic rings. The molecule has 4 nitrogen and oxygen atoms in total. The maximum Gasteiger partial charge on any atom is 0.108 e. The van der Waals surface area contributed by atoms with Crippen LogP contribution in [0.3, 0.4) is 0 Å². The highest BCUT2D eigenvalue weighted by Gasteiger charge is 2.19. The third-order valence-electron chi connectivity index (χ3n) is 4.24. The summed E-state index contributed by atoms with van der Waals surface area (Å²) < 4.78 is 7.70. The molecule has 1 N–H and O–H groups in total. The molecule has 1 aromatic rings. The number of ether oxygens (including phenoxy) is 1. The van der Waals surface area contributed by atoms with Crippen LogP contribution in [0.25, 0.3) is 0 Å². The van der Waals surface area contributed by atoms with E-state index in [0.717, 1.165) is 51.1 Å². The van der Waals surface area contributed by atoms with Gasteiger partial charge in [-0.3, -0.25) is 0 Å². The molecule has 3 heterocycles. The standard InChI is InChI=1S/C14H23N3O/c1-2-14-16-5-6-17(14)11-13(1)10-15-9-12-3-7-18-8-4-12/h5-6,12-13,15H,1-4,7-11H2/t13-/m0/s1. The summed E-state index contributed by atoms with van der Waals surface area (Å²) in [4.78, 5) is 4.37. The van der Waals surface area contributed by atoms with Crippen molar-refractivity contribution in [1.82, 2.24) is 14.9 Å². The molecular weight excluding hydrogens is 226 g/mol. The molecule has 1 fully saturated rings. The quantitative estimate of drug-likeness (QED) is 0.878. The first-order chi connectivity index (χ1) is 8.92. The number of rotatable bonds is 4. The van der Waals surface area contributed by atoms with Gasteiger partial charge in [0, 0.05) is 38.6 Å². The van der Waals surface area contributed by atoms with Crippen LogP contribution in [0.1, 0.15) is 25.1 Å². The Morgan fingerprint density at radius 2 is 2.06 bits per heavy atom. The van der Waals surface area contributed by atoms with Crippen LogP contribution in [-0.2, 0) is 17.7 Å². The molecule has 3 rings (SSSR count). The van der Waals surface area contributed by atoms with E-state index >= 15 is 0 Å². The SMILES string of the molecule is c1cn2c(n1)CC[C@@H](CNCC1CCOCC1)C2. The van der Waals surface area contributed by atoms with Crippen LogP contribution in [-0.4, -0.2) is 35.9 Å². The van der Waals surface area contributed by atoms with Crippen molar-refractivity contribution in [3.05, 3.63) is 18.2 Å². The van der Waals surface area contributed by atoms with Gasteiger partial charge in [0.15, 0.2) is 0 Å². The van der Waals surface area contributed by atoms with Crippen molar-refractivity contribution >= 4 is 0 Å². The second kappa shape index (κ2) is 5.85. The third kappa shape index (κ3) is 2.93. The van der Waals surface area contributed by atoms with E-state index in [1.165, 1.54) is 25.1 Å². The molecule has 0 aliphatic carbocycles. The third-order valence-corrected chi connectivity index (χ3v) is 4.24. The Morgan fingerprint density at radius 3 is 2.94 bits per heavy atom. The average Bonchev–Trinajstić information content (AvgIpc) is 2.87. The van der Waals surface area contributed by atoms with Crippen LogP contribution < -0.4 is 5.32 Å². The van der Waals surface area contributed by atoms with E-state index in [4.69, 9.17) is 4.74 Å². The second-order valence-electron chi connectivity index (χ2n) is 5.61. The minimum Gasteiger partial charge on any atom is -0.381 e. The van der Waals surface area contributed by atoms with Crippen molar-refractivity contribution < 1.29 is 4.74 Å². The van der Waals surface area contributed by atoms with Crippen LogP contribution in [0.5, 0.6) is 0 Å². The van der Waals surface area contributed by atoms with E-state index in [1.807, 2.05) is 6.20 Å². The fraction of sp³-hybridized carbons (Fsp3) is 0.786. The number of hydrogen-bond acceptors (Lipinski definition) is 3. The number of fused-ring (bicyclic) bond motifs is 1. The lowest BCUT2D eigenvalue weighted by atomic mass is 9.97. The summed E-state index contributed by atoms with van der Waals surface area (Å²) in [5, 5.41) is 3.66. The van der Waals surface area contributed by atoms with Crippen molar-refractivity contribution in [1.29, 1.82) is 0 Å². The Hall–Kier alpha value is -0.870. The summed E-state index contributed by atoms with van der Waals surface area (Å²) in [6.07, 6.45) is 8.90. The first-order valence-electron chi connectivity index (χ1n) is 7.20. The zero-order valence-corrected chi connectivity index (χ0v) is 11.0. The van der Waals surface area contributed by atoms with Gasteiger partial charge in [-0.05, 0) is 44.2 Å². The van der Waals surface area contributed by atoms with Gasteiger partial charge in [-0.15, -0.1) is 0 Å². The first-order valence-corrected chi connectivity index (χ1v) is 7.20. The molecular formula is C14H23N3O. The van der Waals surface area contributed by atoms with E-state index in [0.29, 0.717) is 0 Å². The predicted octanol–water partition coefficient (Wildman–Crippen LogP) is 1.46. The molecule has 0 aromatic carbocycles. The Bertz CT molecular complexity index is 371.